The molecule has 0 N–H and O–H groups in total. The first-order valence-electron chi connectivity index (χ1n) is 7.04. The average molecular weight is 286 g/mol. The number of carbonyl (C=O) groups excluding carboxylic acids is 1. The fraction of sp³-hybridized carbons (Fsp3) is 0.375. The van der Waals surface area contributed by atoms with Gasteiger partial charge in [-0.2, -0.15) is 5.10 Å². The standard InChI is InChI=1S/C16H18N2O3/c1-20-16(8-11-21-12-9-16)15(19)14-7-10-17-18(14)13-5-3-2-4-6-13/h2-7,10H,8-9,11-12H2,1H3. The number of nitrogens with zero attached hydrogens (tertiary/aromatic N) is 2. The molecule has 1 aromatic carbocycles. The molecule has 1 saturated heterocycles. The van der Waals surface area contributed by atoms with Crippen LogP contribution in [0, 0.1) is 0 Å². The maximum absolute atomic E-state index is 13.0. The minimum Gasteiger partial charge on any atom is -0.381 e. The van der Waals surface area contributed by atoms with E-state index in [1.807, 2.05) is 30.3 Å². The van der Waals surface area contributed by atoms with Crippen molar-refractivity contribution < 1.29 is 14.3 Å². The van der Waals surface area contributed by atoms with Crippen molar-refractivity contribution >= 4 is 5.78 Å². The number of benzene rings is 1. The third-order valence-electron chi connectivity index (χ3n) is 3.98. The molecule has 1 aliphatic heterocycles. The molecule has 0 bridgehead atoms. The van der Waals surface area contributed by atoms with Gasteiger partial charge >= 0.3 is 0 Å². The molecule has 0 spiro atoms. The first kappa shape index (κ1) is 14.0. The van der Waals surface area contributed by atoms with E-state index in [2.05, 4.69) is 5.10 Å². The summed E-state index contributed by atoms with van der Waals surface area (Å²) in [7, 11) is 1.59. The van der Waals surface area contributed by atoms with E-state index in [1.165, 1.54) is 0 Å². The Hall–Kier alpha value is -1.98. The predicted molar refractivity (Wildman–Crippen MR) is 77.7 cm³/mol. The molecule has 1 aliphatic rings. The van der Waals surface area contributed by atoms with Gasteiger partial charge in [-0.15, -0.1) is 0 Å². The number of aromatic nitrogens is 2. The first-order chi connectivity index (χ1) is 10.3. The Balaban J connectivity index is 1.97. The Morgan fingerprint density at radius 3 is 2.62 bits per heavy atom. The molecule has 0 amide bonds. The van der Waals surface area contributed by atoms with Gasteiger partial charge in [-0.1, -0.05) is 18.2 Å². The van der Waals surface area contributed by atoms with Crippen molar-refractivity contribution in [2.24, 2.45) is 0 Å². The molecule has 5 heteroatoms. The Morgan fingerprint density at radius 2 is 1.95 bits per heavy atom. The summed E-state index contributed by atoms with van der Waals surface area (Å²) in [6.07, 6.45) is 2.79. The number of rotatable bonds is 4. The second-order valence-corrected chi connectivity index (χ2v) is 5.10. The van der Waals surface area contributed by atoms with Crippen molar-refractivity contribution in [3.8, 4) is 5.69 Å². The molecule has 3 rings (SSSR count). The molecule has 0 aliphatic carbocycles. The van der Waals surface area contributed by atoms with Crippen LogP contribution in [0.15, 0.2) is 42.6 Å². The van der Waals surface area contributed by atoms with Crippen molar-refractivity contribution in [3.63, 3.8) is 0 Å². The van der Waals surface area contributed by atoms with E-state index in [9.17, 15) is 4.79 Å². The van der Waals surface area contributed by atoms with E-state index in [-0.39, 0.29) is 5.78 Å². The number of carbonyl (C=O) groups is 1. The molecule has 2 heterocycles. The van der Waals surface area contributed by atoms with Gasteiger partial charge in [0.2, 0.25) is 5.78 Å². The molecule has 1 fully saturated rings. The second kappa shape index (κ2) is 5.79. The SMILES string of the molecule is COC1(C(=O)c2ccnn2-c2ccccc2)CCOCC1. The van der Waals surface area contributed by atoms with E-state index in [0.29, 0.717) is 31.7 Å². The number of methoxy groups -OCH3 is 1. The number of hydrogen-bond donors (Lipinski definition) is 0. The highest BCUT2D eigenvalue weighted by atomic mass is 16.5. The lowest BCUT2D eigenvalue weighted by Crippen LogP contribution is -2.46. The molecule has 0 atom stereocenters. The summed E-state index contributed by atoms with van der Waals surface area (Å²) in [5.41, 5.74) is 0.610. The fourth-order valence-corrected chi connectivity index (χ4v) is 2.71. The number of Topliss-reactive ketones (excluding diaryl/α,β-unsaturated/α-hetero) is 1. The van der Waals surface area contributed by atoms with E-state index in [1.54, 1.807) is 24.1 Å². The number of ketones is 1. The van der Waals surface area contributed by atoms with Gasteiger partial charge in [-0.05, 0) is 18.2 Å². The zero-order valence-electron chi connectivity index (χ0n) is 12.0. The lowest BCUT2D eigenvalue weighted by atomic mass is 9.87. The molecule has 0 saturated carbocycles. The number of ether oxygens (including phenoxy) is 2. The van der Waals surface area contributed by atoms with Gasteiger partial charge in [0.05, 0.1) is 11.9 Å². The van der Waals surface area contributed by atoms with Gasteiger partial charge in [0.25, 0.3) is 0 Å². The van der Waals surface area contributed by atoms with Crippen LogP contribution in [0.1, 0.15) is 23.3 Å². The topological polar surface area (TPSA) is 53.3 Å². The van der Waals surface area contributed by atoms with Crippen LogP contribution in [0.4, 0.5) is 0 Å². The van der Waals surface area contributed by atoms with Crippen LogP contribution in [-0.2, 0) is 9.47 Å². The minimum atomic E-state index is -0.801. The maximum Gasteiger partial charge on any atom is 0.213 e. The van der Waals surface area contributed by atoms with Crippen LogP contribution in [0.5, 0.6) is 0 Å². The average Bonchev–Trinajstić information content (AvgIpc) is 3.05. The lowest BCUT2D eigenvalue weighted by molar-refractivity contribution is -0.0666. The first-order valence-corrected chi connectivity index (χ1v) is 7.04. The Bertz CT molecular complexity index is 615. The van der Waals surface area contributed by atoms with E-state index in [4.69, 9.17) is 9.47 Å². The van der Waals surface area contributed by atoms with Gasteiger partial charge in [0, 0.05) is 33.2 Å². The molecule has 0 unspecified atom stereocenters. The summed E-state index contributed by atoms with van der Waals surface area (Å²) in [5, 5.41) is 4.28. The van der Waals surface area contributed by atoms with Gasteiger partial charge in [-0.25, -0.2) is 4.68 Å². The van der Waals surface area contributed by atoms with Gasteiger partial charge in [-0.3, -0.25) is 4.79 Å². The summed E-state index contributed by atoms with van der Waals surface area (Å²) in [6, 6.07) is 11.4. The van der Waals surface area contributed by atoms with E-state index >= 15 is 0 Å². The summed E-state index contributed by atoms with van der Waals surface area (Å²) in [4.78, 5) is 13.0. The molecule has 110 valence electrons. The summed E-state index contributed by atoms with van der Waals surface area (Å²) < 4.78 is 12.6. The maximum atomic E-state index is 13.0. The second-order valence-electron chi connectivity index (χ2n) is 5.10. The quantitative estimate of drug-likeness (QED) is 0.809. The smallest absolute Gasteiger partial charge is 0.213 e. The molecule has 0 radical (unpaired) electrons. The van der Waals surface area contributed by atoms with Gasteiger partial charge in [0.1, 0.15) is 11.3 Å². The van der Waals surface area contributed by atoms with Gasteiger partial charge in [0.15, 0.2) is 0 Å². The largest absolute Gasteiger partial charge is 0.381 e. The van der Waals surface area contributed by atoms with Crippen molar-refractivity contribution in [2.75, 3.05) is 20.3 Å². The highest BCUT2D eigenvalue weighted by Gasteiger charge is 2.42. The number of para-hydroxylation sites is 1. The van der Waals surface area contributed by atoms with Crippen LogP contribution in [0.3, 0.4) is 0 Å². The third kappa shape index (κ3) is 2.50. The molecule has 1 aromatic heterocycles. The molecular weight excluding hydrogens is 268 g/mol. The zero-order valence-corrected chi connectivity index (χ0v) is 12.0. The predicted octanol–water partition coefficient (Wildman–Crippen LogP) is 2.25. The summed E-state index contributed by atoms with van der Waals surface area (Å²) >= 11 is 0. The summed E-state index contributed by atoms with van der Waals surface area (Å²) in [6.45, 7) is 1.08. The van der Waals surface area contributed by atoms with Crippen molar-refractivity contribution in [3.05, 3.63) is 48.3 Å². The lowest BCUT2D eigenvalue weighted by Gasteiger charge is -2.34. The molecule has 5 nitrogen and oxygen atoms in total. The van der Waals surface area contributed by atoms with Crippen molar-refractivity contribution in [2.45, 2.75) is 18.4 Å². The highest BCUT2D eigenvalue weighted by Crippen LogP contribution is 2.29. The van der Waals surface area contributed by atoms with Crippen LogP contribution in [0.25, 0.3) is 5.69 Å². The summed E-state index contributed by atoms with van der Waals surface area (Å²) in [5.74, 6) is -0.0327. The molecule has 2 aromatic rings. The Kier molecular flexibility index (Phi) is 3.86. The van der Waals surface area contributed by atoms with E-state index in [0.717, 1.165) is 5.69 Å². The van der Waals surface area contributed by atoms with Crippen LogP contribution in [0.2, 0.25) is 0 Å². The van der Waals surface area contributed by atoms with Crippen molar-refractivity contribution in [1.82, 2.24) is 9.78 Å². The minimum absolute atomic E-state index is 0.0327. The third-order valence-corrected chi connectivity index (χ3v) is 3.98. The highest BCUT2D eigenvalue weighted by molar-refractivity contribution is 6.01. The van der Waals surface area contributed by atoms with Crippen LogP contribution in [-0.4, -0.2) is 41.5 Å². The Morgan fingerprint density at radius 1 is 1.24 bits per heavy atom. The van der Waals surface area contributed by atoms with Crippen LogP contribution < -0.4 is 0 Å². The number of hydrogen-bond acceptors (Lipinski definition) is 4. The van der Waals surface area contributed by atoms with Crippen molar-refractivity contribution in [1.29, 1.82) is 0 Å². The molecule has 21 heavy (non-hydrogen) atoms. The monoisotopic (exact) mass is 286 g/mol. The fourth-order valence-electron chi connectivity index (χ4n) is 2.71. The van der Waals surface area contributed by atoms with Crippen LogP contribution >= 0.6 is 0 Å². The molecular formula is C16H18N2O3. The van der Waals surface area contributed by atoms with Gasteiger partial charge < -0.3 is 9.47 Å². The zero-order chi connectivity index (χ0) is 14.7. The Labute approximate surface area is 123 Å². The van der Waals surface area contributed by atoms with E-state index < -0.39 is 5.60 Å². The normalized spacial score (nSPS) is 17.6.